The van der Waals surface area contributed by atoms with Gasteiger partial charge in [-0.2, -0.15) is 0 Å². The van der Waals surface area contributed by atoms with Crippen LogP contribution in [0.5, 0.6) is 0 Å². The molecule has 3 rings (SSSR count). The molecule has 2 heterocycles. The number of hydrogen-bond donors (Lipinski definition) is 1. The Balaban J connectivity index is 1.28. The average Bonchev–Trinajstić information content (AvgIpc) is 2.64. The lowest BCUT2D eigenvalue weighted by molar-refractivity contribution is -0.132. The van der Waals surface area contributed by atoms with Crippen molar-refractivity contribution in [3.8, 4) is 0 Å². The van der Waals surface area contributed by atoms with E-state index < -0.39 is 0 Å². The van der Waals surface area contributed by atoms with Gasteiger partial charge in [-0.25, -0.2) is 0 Å². The van der Waals surface area contributed by atoms with E-state index in [9.17, 15) is 4.79 Å². The molecule has 2 aliphatic heterocycles. The Morgan fingerprint density at radius 3 is 2.29 bits per heavy atom. The number of carbonyl (C=O) groups is 1. The van der Waals surface area contributed by atoms with Crippen molar-refractivity contribution in [1.82, 2.24) is 10.2 Å². The van der Waals surface area contributed by atoms with Crippen LogP contribution < -0.4 is 5.32 Å². The van der Waals surface area contributed by atoms with Crippen molar-refractivity contribution in [1.29, 1.82) is 0 Å². The van der Waals surface area contributed by atoms with Crippen LogP contribution in [0.15, 0.2) is 0 Å². The van der Waals surface area contributed by atoms with Crippen LogP contribution in [0.4, 0.5) is 0 Å². The van der Waals surface area contributed by atoms with E-state index >= 15 is 0 Å². The lowest BCUT2D eigenvalue weighted by Crippen LogP contribution is -2.48. The molecule has 0 bridgehead atoms. The van der Waals surface area contributed by atoms with Crippen LogP contribution in [0.1, 0.15) is 77.0 Å². The molecule has 24 heavy (non-hydrogen) atoms. The zero-order valence-electron chi connectivity index (χ0n) is 15.3. The van der Waals surface area contributed by atoms with Crippen molar-refractivity contribution in [3.63, 3.8) is 0 Å². The predicted octanol–water partition coefficient (Wildman–Crippen LogP) is 3.50. The highest BCUT2D eigenvalue weighted by Gasteiger charge is 2.25. The summed E-state index contributed by atoms with van der Waals surface area (Å²) >= 11 is 0. The van der Waals surface area contributed by atoms with E-state index in [0.717, 1.165) is 70.7 Å². The molecule has 1 N–H and O–H groups in total. The van der Waals surface area contributed by atoms with Crippen LogP contribution in [-0.4, -0.2) is 49.2 Å². The Bertz CT molecular complexity index is 368. The fraction of sp³-hybridized carbons (Fsp3) is 0.950. The minimum Gasteiger partial charge on any atom is -0.381 e. The molecule has 3 aliphatic rings. The molecule has 0 aromatic rings. The van der Waals surface area contributed by atoms with Crippen molar-refractivity contribution in [2.24, 2.45) is 5.92 Å². The molecule has 4 heteroatoms. The molecule has 0 aromatic carbocycles. The molecule has 0 unspecified atom stereocenters. The minimum absolute atomic E-state index is 0.398. The Morgan fingerprint density at radius 1 is 0.917 bits per heavy atom. The molecule has 1 saturated carbocycles. The van der Waals surface area contributed by atoms with E-state index in [1.54, 1.807) is 0 Å². The summed E-state index contributed by atoms with van der Waals surface area (Å²) in [6, 6.07) is 1.22. The largest absolute Gasteiger partial charge is 0.381 e. The first kappa shape index (κ1) is 18.2. The molecule has 138 valence electrons. The van der Waals surface area contributed by atoms with Crippen molar-refractivity contribution < 1.29 is 9.53 Å². The van der Waals surface area contributed by atoms with E-state index in [4.69, 9.17) is 4.74 Å². The molecule has 4 nitrogen and oxygen atoms in total. The third-order valence-corrected chi connectivity index (χ3v) is 6.27. The van der Waals surface area contributed by atoms with Gasteiger partial charge in [0.1, 0.15) is 0 Å². The van der Waals surface area contributed by atoms with Gasteiger partial charge in [0.05, 0.1) is 0 Å². The topological polar surface area (TPSA) is 41.6 Å². The highest BCUT2D eigenvalue weighted by Crippen LogP contribution is 2.28. The number of likely N-dealkylation sites (tertiary alicyclic amines) is 1. The summed E-state index contributed by atoms with van der Waals surface area (Å²) in [6.45, 7) is 3.69. The van der Waals surface area contributed by atoms with Gasteiger partial charge in [-0.05, 0) is 44.4 Å². The molecule has 0 spiro atoms. The fourth-order valence-corrected chi connectivity index (χ4v) is 4.67. The summed E-state index contributed by atoms with van der Waals surface area (Å²) in [4.78, 5) is 14.5. The standard InChI is InChI=1S/C20H36N2O2/c23-20(8-4-7-17-5-2-1-3-6-17)22-13-9-18(10-14-22)21-19-11-15-24-16-12-19/h17-19,21H,1-16H2. The van der Waals surface area contributed by atoms with E-state index in [0.29, 0.717) is 18.0 Å². The van der Waals surface area contributed by atoms with Gasteiger partial charge in [-0.3, -0.25) is 4.79 Å². The Morgan fingerprint density at radius 2 is 1.58 bits per heavy atom. The second kappa shape index (κ2) is 9.76. The highest BCUT2D eigenvalue weighted by molar-refractivity contribution is 5.76. The monoisotopic (exact) mass is 336 g/mol. The smallest absolute Gasteiger partial charge is 0.222 e. The number of nitrogens with zero attached hydrogens (tertiary/aromatic N) is 1. The van der Waals surface area contributed by atoms with Crippen LogP contribution in [-0.2, 0) is 9.53 Å². The predicted molar refractivity (Wildman–Crippen MR) is 97.0 cm³/mol. The molecular weight excluding hydrogens is 300 g/mol. The summed E-state index contributed by atoms with van der Waals surface area (Å²) in [5.41, 5.74) is 0. The number of rotatable bonds is 6. The molecule has 0 atom stereocenters. The van der Waals surface area contributed by atoms with Gasteiger partial charge in [0.15, 0.2) is 0 Å². The van der Waals surface area contributed by atoms with Gasteiger partial charge >= 0.3 is 0 Å². The van der Waals surface area contributed by atoms with Crippen LogP contribution in [0.3, 0.4) is 0 Å². The lowest BCUT2D eigenvalue weighted by Gasteiger charge is -2.35. The number of amides is 1. The first-order valence-corrected chi connectivity index (χ1v) is 10.4. The van der Waals surface area contributed by atoms with Crippen molar-refractivity contribution in [2.45, 2.75) is 89.1 Å². The summed E-state index contributed by atoms with van der Waals surface area (Å²) < 4.78 is 5.43. The summed E-state index contributed by atoms with van der Waals surface area (Å²) in [7, 11) is 0. The van der Waals surface area contributed by atoms with Gasteiger partial charge in [0.25, 0.3) is 0 Å². The number of nitrogens with one attached hydrogen (secondary N) is 1. The Labute approximate surface area is 147 Å². The normalized spacial score (nSPS) is 25.1. The average molecular weight is 337 g/mol. The zero-order valence-corrected chi connectivity index (χ0v) is 15.3. The molecule has 1 aliphatic carbocycles. The first-order valence-electron chi connectivity index (χ1n) is 10.4. The van der Waals surface area contributed by atoms with Crippen LogP contribution in [0.25, 0.3) is 0 Å². The highest BCUT2D eigenvalue weighted by atomic mass is 16.5. The molecular formula is C20H36N2O2. The maximum absolute atomic E-state index is 12.4. The molecule has 0 radical (unpaired) electrons. The Hall–Kier alpha value is -0.610. The third-order valence-electron chi connectivity index (χ3n) is 6.27. The van der Waals surface area contributed by atoms with E-state index in [-0.39, 0.29) is 0 Å². The Kier molecular flexibility index (Phi) is 7.40. The van der Waals surface area contributed by atoms with Crippen LogP contribution >= 0.6 is 0 Å². The number of hydrogen-bond acceptors (Lipinski definition) is 3. The molecule has 0 aromatic heterocycles. The second-order valence-corrected chi connectivity index (χ2v) is 8.10. The van der Waals surface area contributed by atoms with Gasteiger partial charge < -0.3 is 15.0 Å². The van der Waals surface area contributed by atoms with E-state index in [1.807, 2.05) is 0 Å². The van der Waals surface area contributed by atoms with E-state index in [2.05, 4.69) is 10.2 Å². The first-order chi connectivity index (χ1) is 11.8. The third kappa shape index (κ3) is 5.73. The quantitative estimate of drug-likeness (QED) is 0.807. The van der Waals surface area contributed by atoms with E-state index in [1.165, 1.54) is 38.5 Å². The van der Waals surface area contributed by atoms with Crippen molar-refractivity contribution in [3.05, 3.63) is 0 Å². The van der Waals surface area contributed by atoms with Gasteiger partial charge in [-0.15, -0.1) is 0 Å². The zero-order chi connectivity index (χ0) is 16.6. The van der Waals surface area contributed by atoms with Gasteiger partial charge in [0, 0.05) is 44.8 Å². The lowest BCUT2D eigenvalue weighted by atomic mass is 9.86. The maximum atomic E-state index is 12.4. The molecule has 1 amide bonds. The SMILES string of the molecule is O=C(CCCC1CCCCC1)N1CCC(NC2CCOCC2)CC1. The number of piperidine rings is 1. The van der Waals surface area contributed by atoms with Crippen LogP contribution in [0.2, 0.25) is 0 Å². The molecule has 2 saturated heterocycles. The van der Waals surface area contributed by atoms with Crippen LogP contribution in [0, 0.1) is 5.92 Å². The van der Waals surface area contributed by atoms with Crippen molar-refractivity contribution >= 4 is 5.91 Å². The molecule has 3 fully saturated rings. The minimum atomic E-state index is 0.398. The summed E-state index contributed by atoms with van der Waals surface area (Å²) in [5.74, 6) is 1.30. The fourth-order valence-electron chi connectivity index (χ4n) is 4.67. The summed E-state index contributed by atoms with van der Waals surface area (Å²) in [5, 5.41) is 3.79. The van der Waals surface area contributed by atoms with Crippen molar-refractivity contribution in [2.75, 3.05) is 26.3 Å². The maximum Gasteiger partial charge on any atom is 0.222 e. The van der Waals surface area contributed by atoms with Gasteiger partial charge in [-0.1, -0.05) is 32.1 Å². The number of carbonyl (C=O) groups excluding carboxylic acids is 1. The van der Waals surface area contributed by atoms with Gasteiger partial charge in [0.2, 0.25) is 5.91 Å². The number of ether oxygens (including phenoxy) is 1. The summed E-state index contributed by atoms with van der Waals surface area (Å²) in [6.07, 6.45) is 14.7. The second-order valence-electron chi connectivity index (χ2n) is 8.10.